The Balaban J connectivity index is 1.55. The lowest BCUT2D eigenvalue weighted by atomic mass is 10.0. The minimum atomic E-state index is -0.412. The highest BCUT2D eigenvalue weighted by molar-refractivity contribution is 5.83. The first kappa shape index (κ1) is 14.2. The molecule has 0 bridgehead atoms. The number of amides is 1. The molecule has 0 radical (unpaired) electrons. The van der Waals surface area contributed by atoms with E-state index in [-0.39, 0.29) is 11.9 Å². The van der Waals surface area contributed by atoms with Crippen molar-refractivity contribution >= 4 is 5.91 Å². The molecular formula is C18H19N3O2. The Hall–Kier alpha value is -2.40. The maximum atomic E-state index is 13.0. The summed E-state index contributed by atoms with van der Waals surface area (Å²) in [5.41, 5.74) is 2.17. The highest BCUT2D eigenvalue weighted by Gasteiger charge is 2.36. The van der Waals surface area contributed by atoms with Crippen LogP contribution in [0.1, 0.15) is 17.2 Å². The van der Waals surface area contributed by atoms with E-state index in [1.165, 1.54) is 0 Å². The summed E-state index contributed by atoms with van der Waals surface area (Å²) in [6, 6.07) is 11.8. The molecule has 2 unspecified atom stereocenters. The van der Waals surface area contributed by atoms with Crippen LogP contribution < -0.4 is 10.1 Å². The second kappa shape index (κ2) is 6.01. The number of aromatic nitrogens is 1. The predicted molar refractivity (Wildman–Crippen MR) is 86.1 cm³/mol. The lowest BCUT2D eigenvalue weighted by Gasteiger charge is -2.37. The predicted octanol–water partition coefficient (Wildman–Crippen LogP) is 1.56. The molecule has 2 aliphatic rings. The molecule has 1 amide bonds. The quantitative estimate of drug-likeness (QED) is 0.915. The Labute approximate surface area is 135 Å². The van der Waals surface area contributed by atoms with Crippen molar-refractivity contribution in [2.75, 3.05) is 19.6 Å². The van der Waals surface area contributed by atoms with Gasteiger partial charge in [0.2, 0.25) is 0 Å². The van der Waals surface area contributed by atoms with E-state index in [1.807, 2.05) is 47.5 Å². The van der Waals surface area contributed by atoms with E-state index >= 15 is 0 Å². The van der Waals surface area contributed by atoms with Gasteiger partial charge in [-0.3, -0.25) is 9.78 Å². The van der Waals surface area contributed by atoms with Crippen molar-refractivity contribution in [1.29, 1.82) is 0 Å². The fraction of sp³-hybridized carbons (Fsp3) is 0.333. The summed E-state index contributed by atoms with van der Waals surface area (Å²) in [5.74, 6) is 0.899. The number of nitrogens with one attached hydrogen (secondary N) is 1. The highest BCUT2D eigenvalue weighted by Crippen LogP contribution is 2.31. The smallest absolute Gasteiger partial charge is 0.264 e. The second-order valence-electron chi connectivity index (χ2n) is 5.96. The van der Waals surface area contributed by atoms with Crippen LogP contribution in [0.2, 0.25) is 0 Å². The van der Waals surface area contributed by atoms with E-state index in [9.17, 15) is 4.79 Å². The van der Waals surface area contributed by atoms with Crippen molar-refractivity contribution in [2.45, 2.75) is 18.6 Å². The van der Waals surface area contributed by atoms with Gasteiger partial charge < -0.3 is 15.0 Å². The van der Waals surface area contributed by atoms with Crippen molar-refractivity contribution < 1.29 is 9.53 Å². The molecule has 118 valence electrons. The molecule has 0 spiro atoms. The summed E-state index contributed by atoms with van der Waals surface area (Å²) in [5, 5.41) is 3.36. The standard InChI is InChI=1S/C18H19N3O2/c22-18(17-10-13-4-1-2-6-16(13)23-17)21-9-8-20-12-15(21)14-5-3-7-19-11-14/h1-7,11,15,17,20H,8-10,12H2. The van der Waals surface area contributed by atoms with Crippen molar-refractivity contribution in [2.24, 2.45) is 0 Å². The monoisotopic (exact) mass is 309 g/mol. The molecule has 2 aromatic rings. The molecule has 1 saturated heterocycles. The first-order valence-electron chi connectivity index (χ1n) is 7.98. The second-order valence-corrected chi connectivity index (χ2v) is 5.96. The molecule has 5 nitrogen and oxygen atoms in total. The van der Waals surface area contributed by atoms with Gasteiger partial charge >= 0.3 is 0 Å². The van der Waals surface area contributed by atoms with E-state index in [1.54, 1.807) is 6.20 Å². The van der Waals surface area contributed by atoms with Crippen LogP contribution in [0.4, 0.5) is 0 Å². The van der Waals surface area contributed by atoms with Crippen LogP contribution >= 0.6 is 0 Å². The fourth-order valence-electron chi connectivity index (χ4n) is 3.34. The van der Waals surface area contributed by atoms with Gasteiger partial charge in [0.1, 0.15) is 5.75 Å². The maximum Gasteiger partial charge on any atom is 0.264 e. The molecule has 23 heavy (non-hydrogen) atoms. The average Bonchev–Trinajstić information content (AvgIpc) is 3.06. The zero-order valence-electron chi connectivity index (χ0n) is 12.8. The van der Waals surface area contributed by atoms with E-state index < -0.39 is 6.10 Å². The van der Waals surface area contributed by atoms with E-state index in [0.29, 0.717) is 13.0 Å². The van der Waals surface area contributed by atoms with Gasteiger partial charge in [-0.05, 0) is 23.3 Å². The zero-order chi connectivity index (χ0) is 15.6. The van der Waals surface area contributed by atoms with Gasteiger partial charge in [-0.15, -0.1) is 0 Å². The summed E-state index contributed by atoms with van der Waals surface area (Å²) in [6.45, 7) is 2.24. The lowest BCUT2D eigenvalue weighted by molar-refractivity contribution is -0.141. The van der Waals surface area contributed by atoms with E-state index in [0.717, 1.165) is 30.0 Å². The zero-order valence-corrected chi connectivity index (χ0v) is 12.8. The van der Waals surface area contributed by atoms with Gasteiger partial charge in [0, 0.05) is 38.4 Å². The molecule has 1 N–H and O–H groups in total. The Bertz CT molecular complexity index is 679. The van der Waals surface area contributed by atoms with Crippen molar-refractivity contribution in [3.05, 3.63) is 59.9 Å². The number of hydrogen-bond acceptors (Lipinski definition) is 4. The molecule has 0 saturated carbocycles. The largest absolute Gasteiger partial charge is 0.480 e. The number of rotatable bonds is 2. The van der Waals surface area contributed by atoms with Crippen LogP contribution in [0.25, 0.3) is 0 Å². The fourth-order valence-corrected chi connectivity index (χ4v) is 3.34. The number of piperazine rings is 1. The Kier molecular flexibility index (Phi) is 3.71. The molecule has 2 atom stereocenters. The SMILES string of the molecule is O=C(C1Cc2ccccc2O1)N1CCNCC1c1cccnc1. The number of carbonyl (C=O) groups excluding carboxylic acids is 1. The van der Waals surface area contributed by atoms with E-state index in [4.69, 9.17) is 4.74 Å². The highest BCUT2D eigenvalue weighted by atomic mass is 16.5. The molecule has 1 aromatic carbocycles. The molecule has 4 rings (SSSR count). The topological polar surface area (TPSA) is 54.5 Å². The molecule has 1 aromatic heterocycles. The molecule has 0 aliphatic carbocycles. The summed E-state index contributed by atoms with van der Waals surface area (Å²) in [6.07, 6.45) is 3.83. The van der Waals surface area contributed by atoms with Crippen molar-refractivity contribution in [3.8, 4) is 5.75 Å². The van der Waals surface area contributed by atoms with Gasteiger partial charge in [-0.1, -0.05) is 24.3 Å². The minimum Gasteiger partial charge on any atom is -0.480 e. The van der Waals surface area contributed by atoms with Gasteiger partial charge in [0.25, 0.3) is 5.91 Å². The molecule has 3 heterocycles. The third-order valence-electron chi connectivity index (χ3n) is 4.52. The van der Waals surface area contributed by atoms with Crippen LogP contribution in [0.5, 0.6) is 5.75 Å². The summed E-state index contributed by atoms with van der Waals surface area (Å²) in [7, 11) is 0. The summed E-state index contributed by atoms with van der Waals surface area (Å²) in [4.78, 5) is 19.1. The number of carbonyl (C=O) groups is 1. The van der Waals surface area contributed by atoms with Crippen LogP contribution in [0.15, 0.2) is 48.8 Å². The minimum absolute atomic E-state index is 0.0114. The average molecular weight is 309 g/mol. The van der Waals surface area contributed by atoms with Crippen molar-refractivity contribution in [3.63, 3.8) is 0 Å². The lowest BCUT2D eigenvalue weighted by Crippen LogP contribution is -2.52. The number of benzene rings is 1. The third-order valence-corrected chi connectivity index (χ3v) is 4.52. The normalized spacial score (nSPS) is 23.2. The molecular weight excluding hydrogens is 290 g/mol. The third kappa shape index (κ3) is 2.68. The number of para-hydroxylation sites is 1. The van der Waals surface area contributed by atoms with Crippen LogP contribution in [0.3, 0.4) is 0 Å². The number of ether oxygens (including phenoxy) is 1. The van der Waals surface area contributed by atoms with Gasteiger partial charge in [-0.25, -0.2) is 0 Å². The number of pyridine rings is 1. The van der Waals surface area contributed by atoms with Gasteiger partial charge in [0.05, 0.1) is 6.04 Å². The Morgan fingerprint density at radius 3 is 3.00 bits per heavy atom. The molecule has 2 aliphatic heterocycles. The van der Waals surface area contributed by atoms with Gasteiger partial charge in [-0.2, -0.15) is 0 Å². The first-order valence-corrected chi connectivity index (χ1v) is 7.98. The maximum absolute atomic E-state index is 13.0. The number of fused-ring (bicyclic) bond motifs is 1. The van der Waals surface area contributed by atoms with Gasteiger partial charge in [0.15, 0.2) is 6.10 Å². The molecule has 5 heteroatoms. The number of nitrogens with zero attached hydrogens (tertiary/aromatic N) is 2. The molecule has 1 fully saturated rings. The summed E-state index contributed by atoms with van der Waals surface area (Å²) < 4.78 is 5.88. The van der Waals surface area contributed by atoms with Crippen LogP contribution in [-0.4, -0.2) is 41.5 Å². The number of hydrogen-bond donors (Lipinski definition) is 1. The van der Waals surface area contributed by atoms with Crippen molar-refractivity contribution in [1.82, 2.24) is 15.2 Å². The Morgan fingerprint density at radius 2 is 2.17 bits per heavy atom. The van der Waals surface area contributed by atoms with E-state index in [2.05, 4.69) is 10.3 Å². The summed E-state index contributed by atoms with van der Waals surface area (Å²) >= 11 is 0. The van der Waals surface area contributed by atoms with Crippen LogP contribution in [-0.2, 0) is 11.2 Å². The Morgan fingerprint density at radius 1 is 1.26 bits per heavy atom. The van der Waals surface area contributed by atoms with Crippen LogP contribution in [0, 0.1) is 0 Å². The first-order chi connectivity index (χ1) is 11.3.